The summed E-state index contributed by atoms with van der Waals surface area (Å²) in [5, 5.41) is 24.6. The summed E-state index contributed by atoms with van der Waals surface area (Å²) in [4.78, 5) is 3.52. The van der Waals surface area contributed by atoms with Crippen molar-refractivity contribution in [2.45, 2.75) is 31.8 Å². The number of anilines is 1. The number of benzene rings is 2. The minimum Gasteiger partial charge on any atom is -0.506 e. The lowest BCUT2D eigenvalue weighted by molar-refractivity contribution is 0.172. The van der Waals surface area contributed by atoms with Crippen LogP contribution in [0.2, 0.25) is 0 Å². The van der Waals surface area contributed by atoms with Gasteiger partial charge in [0.15, 0.2) is 0 Å². The van der Waals surface area contributed by atoms with Crippen molar-refractivity contribution in [3.8, 4) is 11.5 Å². The Kier molecular flexibility index (Phi) is 8.12. The summed E-state index contributed by atoms with van der Waals surface area (Å²) < 4.78 is 30.9. The molecule has 1 aromatic heterocycles. The maximum Gasteiger partial charge on any atom is 0.229 e. The molecule has 2 aromatic carbocycles. The molecule has 1 aliphatic rings. The fourth-order valence-corrected chi connectivity index (χ4v) is 4.69. The smallest absolute Gasteiger partial charge is 0.229 e. The van der Waals surface area contributed by atoms with Gasteiger partial charge in [-0.15, -0.1) is 12.4 Å². The molecule has 0 bridgehead atoms. The Labute approximate surface area is 199 Å². The quantitative estimate of drug-likeness (QED) is 0.229. The van der Waals surface area contributed by atoms with E-state index in [9.17, 15) is 18.6 Å². The Morgan fingerprint density at radius 3 is 2.73 bits per heavy atom. The maximum absolute atomic E-state index is 11.4. The fourth-order valence-electron chi connectivity index (χ4n) is 4.12. The largest absolute Gasteiger partial charge is 0.506 e. The molecule has 5 N–H and O–H groups in total. The number of aromatic amines is 1. The number of ether oxygens (including phenoxy) is 1. The number of aromatic hydroxyl groups is 1. The summed E-state index contributed by atoms with van der Waals surface area (Å²) in [7, 11) is -3.53. The molecule has 1 aliphatic carbocycles. The highest BCUT2D eigenvalue weighted by atomic mass is 35.5. The van der Waals surface area contributed by atoms with Gasteiger partial charge >= 0.3 is 0 Å². The molecule has 0 radical (unpaired) electrons. The normalized spacial score (nSPS) is 14.4. The molecule has 0 fully saturated rings. The van der Waals surface area contributed by atoms with Gasteiger partial charge in [0.25, 0.3) is 0 Å². The highest BCUT2D eigenvalue weighted by molar-refractivity contribution is 7.92. The summed E-state index contributed by atoms with van der Waals surface area (Å²) >= 11 is 0. The number of rotatable bonds is 9. The van der Waals surface area contributed by atoms with Gasteiger partial charge < -0.3 is 25.3 Å². The van der Waals surface area contributed by atoms with Crippen LogP contribution in [0.5, 0.6) is 11.5 Å². The summed E-state index contributed by atoms with van der Waals surface area (Å²) in [5.74, 6) is 0.598. The van der Waals surface area contributed by atoms with Crippen molar-refractivity contribution in [2.75, 3.05) is 30.7 Å². The van der Waals surface area contributed by atoms with Crippen molar-refractivity contribution < 1.29 is 23.4 Å². The van der Waals surface area contributed by atoms with E-state index in [0.717, 1.165) is 30.4 Å². The number of phenolic OH excluding ortho intramolecular Hbond substituents is 1. The average molecular weight is 496 g/mol. The van der Waals surface area contributed by atoms with Crippen molar-refractivity contribution in [1.29, 1.82) is 0 Å². The summed E-state index contributed by atoms with van der Waals surface area (Å²) in [5.41, 5.74) is 4.43. The fraction of sp³-hybridized carbons (Fsp3) is 0.391. The standard InChI is InChI=1S/C23H29N3O5S.ClH/c1-32(29,30)26-21-12-15(6-9-22(21)27)23(28)14-24-10-11-31-16-7-8-18-17-4-2-3-5-19(17)25-20(18)13-16;/h6-9,12-13,23-28H,2-5,10-11,14H2,1H3;1H. The molecule has 0 aliphatic heterocycles. The molecule has 4 rings (SSSR count). The van der Waals surface area contributed by atoms with Crippen LogP contribution in [0.3, 0.4) is 0 Å². The van der Waals surface area contributed by atoms with E-state index in [1.54, 1.807) is 6.07 Å². The van der Waals surface area contributed by atoms with Crippen LogP contribution < -0.4 is 14.8 Å². The predicted molar refractivity (Wildman–Crippen MR) is 132 cm³/mol. The zero-order valence-corrected chi connectivity index (χ0v) is 20.1. The van der Waals surface area contributed by atoms with Crippen LogP contribution in [-0.4, -0.2) is 49.6 Å². The molecule has 10 heteroatoms. The van der Waals surface area contributed by atoms with Crippen LogP contribution in [-0.2, 0) is 22.9 Å². The Morgan fingerprint density at radius 2 is 1.94 bits per heavy atom. The molecule has 0 spiro atoms. The van der Waals surface area contributed by atoms with E-state index in [0.29, 0.717) is 18.7 Å². The number of aryl methyl sites for hydroxylation is 2. The number of nitrogens with one attached hydrogen (secondary N) is 3. The molecular formula is C23H30ClN3O5S. The zero-order chi connectivity index (χ0) is 22.7. The van der Waals surface area contributed by atoms with Crippen LogP contribution in [0.4, 0.5) is 5.69 Å². The van der Waals surface area contributed by atoms with Gasteiger partial charge in [0.05, 0.1) is 18.0 Å². The van der Waals surface area contributed by atoms with E-state index in [1.165, 1.54) is 41.6 Å². The summed E-state index contributed by atoms with van der Waals surface area (Å²) in [6, 6.07) is 10.5. The van der Waals surface area contributed by atoms with Gasteiger partial charge in [0, 0.05) is 35.8 Å². The number of phenols is 1. The van der Waals surface area contributed by atoms with Gasteiger partial charge in [-0.05, 0) is 61.1 Å². The molecule has 180 valence electrons. The van der Waals surface area contributed by atoms with Crippen LogP contribution in [0, 0.1) is 0 Å². The van der Waals surface area contributed by atoms with Gasteiger partial charge in [-0.2, -0.15) is 0 Å². The molecule has 8 nitrogen and oxygen atoms in total. The van der Waals surface area contributed by atoms with Crippen molar-refractivity contribution in [3.63, 3.8) is 0 Å². The first-order valence-corrected chi connectivity index (χ1v) is 12.6. The third kappa shape index (κ3) is 6.32. The van der Waals surface area contributed by atoms with E-state index in [4.69, 9.17) is 4.74 Å². The lowest BCUT2D eigenvalue weighted by Gasteiger charge is -2.15. The molecular weight excluding hydrogens is 466 g/mol. The molecule has 0 saturated carbocycles. The topological polar surface area (TPSA) is 124 Å². The molecule has 1 unspecified atom stereocenters. The Bertz CT molecular complexity index is 1210. The van der Waals surface area contributed by atoms with Gasteiger partial charge in [0.2, 0.25) is 10.0 Å². The Morgan fingerprint density at radius 1 is 1.15 bits per heavy atom. The van der Waals surface area contributed by atoms with Crippen LogP contribution in [0.25, 0.3) is 10.9 Å². The average Bonchev–Trinajstić information content (AvgIpc) is 3.11. The van der Waals surface area contributed by atoms with E-state index in [-0.39, 0.29) is 30.4 Å². The second-order valence-electron chi connectivity index (χ2n) is 8.22. The van der Waals surface area contributed by atoms with E-state index < -0.39 is 16.1 Å². The van der Waals surface area contributed by atoms with Crippen molar-refractivity contribution in [1.82, 2.24) is 10.3 Å². The van der Waals surface area contributed by atoms with Crippen molar-refractivity contribution >= 4 is 39.0 Å². The van der Waals surface area contributed by atoms with Gasteiger partial charge in [-0.25, -0.2) is 8.42 Å². The first-order chi connectivity index (χ1) is 15.3. The minimum absolute atomic E-state index is 0. The molecule has 0 amide bonds. The Balaban J connectivity index is 0.00000306. The number of hydrogen-bond acceptors (Lipinski definition) is 6. The lowest BCUT2D eigenvalue weighted by atomic mass is 9.96. The van der Waals surface area contributed by atoms with Gasteiger partial charge in [0.1, 0.15) is 18.1 Å². The number of H-pyrrole nitrogens is 1. The molecule has 1 heterocycles. The maximum atomic E-state index is 11.4. The monoisotopic (exact) mass is 495 g/mol. The second kappa shape index (κ2) is 10.6. The SMILES string of the molecule is CS(=O)(=O)Nc1cc(C(O)CNCCOc2ccc3c4c([nH]c3c2)CCCC4)ccc1O.Cl. The number of aromatic nitrogens is 1. The number of aliphatic hydroxyl groups excluding tert-OH is 1. The number of hydrogen-bond donors (Lipinski definition) is 5. The molecule has 3 aromatic rings. The van der Waals surface area contributed by atoms with Gasteiger partial charge in [-0.3, -0.25) is 4.72 Å². The predicted octanol–water partition coefficient (Wildman–Crippen LogP) is 3.25. The zero-order valence-electron chi connectivity index (χ0n) is 18.4. The van der Waals surface area contributed by atoms with Crippen LogP contribution in [0.15, 0.2) is 36.4 Å². The number of halogens is 1. The highest BCUT2D eigenvalue weighted by Gasteiger charge is 2.16. The van der Waals surface area contributed by atoms with Crippen LogP contribution >= 0.6 is 12.4 Å². The third-order valence-electron chi connectivity index (χ3n) is 5.66. The van der Waals surface area contributed by atoms with E-state index in [2.05, 4.69) is 21.1 Å². The first kappa shape index (κ1) is 25.2. The molecule has 1 atom stereocenters. The highest BCUT2D eigenvalue weighted by Crippen LogP contribution is 2.31. The van der Waals surface area contributed by atoms with Crippen molar-refractivity contribution in [2.24, 2.45) is 0 Å². The molecule has 0 saturated heterocycles. The summed E-state index contributed by atoms with van der Waals surface area (Å²) in [6.07, 6.45) is 4.86. The Hall–Kier alpha value is -2.46. The van der Waals surface area contributed by atoms with Gasteiger partial charge in [-0.1, -0.05) is 6.07 Å². The number of aliphatic hydroxyl groups is 1. The minimum atomic E-state index is -3.53. The first-order valence-electron chi connectivity index (χ1n) is 10.8. The van der Waals surface area contributed by atoms with Crippen LogP contribution in [0.1, 0.15) is 35.8 Å². The number of sulfonamides is 1. The molecule has 33 heavy (non-hydrogen) atoms. The lowest BCUT2D eigenvalue weighted by Crippen LogP contribution is -2.26. The summed E-state index contributed by atoms with van der Waals surface area (Å²) in [6.45, 7) is 1.23. The second-order valence-corrected chi connectivity index (χ2v) is 9.96. The van der Waals surface area contributed by atoms with E-state index in [1.807, 2.05) is 12.1 Å². The van der Waals surface area contributed by atoms with Crippen molar-refractivity contribution in [3.05, 3.63) is 53.2 Å². The van der Waals surface area contributed by atoms with E-state index >= 15 is 0 Å². The number of fused-ring (bicyclic) bond motifs is 3. The third-order valence-corrected chi connectivity index (χ3v) is 6.25.